The van der Waals surface area contributed by atoms with E-state index < -0.39 is 8.07 Å². The third-order valence-electron chi connectivity index (χ3n) is 4.86. The molecular formula is C21H29NSi. The zero-order valence-electron chi connectivity index (χ0n) is 18.5. The van der Waals surface area contributed by atoms with Crippen LogP contribution in [0.25, 0.3) is 11.3 Å². The van der Waals surface area contributed by atoms with Crippen LogP contribution in [0.1, 0.15) is 43.2 Å². The molecule has 2 heteroatoms. The first-order chi connectivity index (χ1) is 12.7. The molecule has 3 rings (SSSR count). The molecule has 1 aliphatic carbocycles. The Morgan fingerprint density at radius 2 is 1.91 bits per heavy atom. The number of rotatable bonds is 4. The SMILES string of the molecule is [2H]c1cc(-c2cc(CC3CCCCC3)c([Si](C)(C)C)cn2)c([2H])c([2H])c1[2H]. The number of hydrogen-bond donors (Lipinski definition) is 0. The highest BCUT2D eigenvalue weighted by Crippen LogP contribution is 2.28. The Morgan fingerprint density at radius 1 is 1.13 bits per heavy atom. The minimum absolute atomic E-state index is 0.00660. The van der Waals surface area contributed by atoms with Crippen LogP contribution in [0.2, 0.25) is 19.6 Å². The molecule has 2 aromatic rings. The predicted octanol–water partition coefficient (Wildman–Crippen LogP) is 5.42. The van der Waals surface area contributed by atoms with E-state index in [4.69, 9.17) is 5.48 Å². The van der Waals surface area contributed by atoms with Crippen molar-refractivity contribution in [2.24, 2.45) is 5.92 Å². The Bertz CT molecular complexity index is 839. The van der Waals surface area contributed by atoms with Gasteiger partial charge in [-0.25, -0.2) is 0 Å². The Balaban J connectivity index is 2.07. The van der Waals surface area contributed by atoms with Crippen LogP contribution in [0.15, 0.2) is 42.5 Å². The van der Waals surface area contributed by atoms with Crippen LogP contribution in [0.3, 0.4) is 0 Å². The second kappa shape index (κ2) is 7.00. The van der Waals surface area contributed by atoms with Gasteiger partial charge in [0.1, 0.15) is 0 Å². The van der Waals surface area contributed by atoms with Crippen molar-refractivity contribution in [2.75, 3.05) is 0 Å². The first kappa shape index (κ1) is 12.0. The van der Waals surface area contributed by atoms with Crippen molar-refractivity contribution in [2.45, 2.75) is 58.2 Å². The summed E-state index contributed by atoms with van der Waals surface area (Å²) in [6.07, 6.45) is 9.58. The van der Waals surface area contributed by atoms with Gasteiger partial charge in [-0.3, -0.25) is 4.98 Å². The quantitative estimate of drug-likeness (QED) is 0.684. The van der Waals surface area contributed by atoms with Crippen molar-refractivity contribution in [3.05, 3.63) is 48.1 Å². The normalized spacial score (nSPS) is 18.9. The lowest BCUT2D eigenvalue weighted by molar-refractivity contribution is 0.357. The molecule has 1 nitrogen and oxygen atoms in total. The van der Waals surface area contributed by atoms with E-state index in [1.54, 1.807) is 0 Å². The van der Waals surface area contributed by atoms with Crippen molar-refractivity contribution in [3.8, 4) is 11.3 Å². The van der Waals surface area contributed by atoms with Gasteiger partial charge >= 0.3 is 0 Å². The average molecular weight is 328 g/mol. The van der Waals surface area contributed by atoms with E-state index in [1.165, 1.54) is 48.9 Å². The molecule has 0 unspecified atom stereocenters. The second-order valence-electron chi connectivity index (χ2n) is 7.76. The molecule has 1 heterocycles. The molecule has 1 aromatic carbocycles. The molecule has 1 fully saturated rings. The lowest BCUT2D eigenvalue weighted by atomic mass is 9.85. The van der Waals surface area contributed by atoms with Crippen molar-refractivity contribution < 1.29 is 5.48 Å². The third-order valence-corrected chi connectivity index (χ3v) is 6.92. The number of benzene rings is 1. The molecule has 1 saturated carbocycles. The lowest BCUT2D eigenvalue weighted by Gasteiger charge is -2.26. The molecule has 0 radical (unpaired) electrons. The number of aromatic nitrogens is 1. The second-order valence-corrected chi connectivity index (χ2v) is 12.8. The van der Waals surface area contributed by atoms with Crippen LogP contribution in [-0.4, -0.2) is 13.1 Å². The molecule has 23 heavy (non-hydrogen) atoms. The van der Waals surface area contributed by atoms with Gasteiger partial charge in [-0.1, -0.05) is 82.0 Å². The minimum atomic E-state index is -1.54. The summed E-state index contributed by atoms with van der Waals surface area (Å²) in [5.74, 6) is 0.716. The minimum Gasteiger partial charge on any atom is -0.256 e. The summed E-state index contributed by atoms with van der Waals surface area (Å²) in [4.78, 5) is 4.63. The van der Waals surface area contributed by atoms with Crippen LogP contribution in [-0.2, 0) is 6.42 Å². The number of hydrogen-bond acceptors (Lipinski definition) is 1. The van der Waals surface area contributed by atoms with E-state index in [9.17, 15) is 0 Å². The van der Waals surface area contributed by atoms with E-state index in [-0.39, 0.29) is 24.2 Å². The standard InChI is InChI=1S/C21H29NSi/c1-23(2,3)21-16-22-20(18-12-8-5-9-13-18)15-19(21)14-17-10-6-4-7-11-17/h5,8-9,12-13,15-17H,4,6-7,10-11,14H2,1-3H3/i5D,8D,9D,12D. The van der Waals surface area contributed by atoms with Gasteiger partial charge in [0, 0.05) is 11.8 Å². The zero-order chi connectivity index (χ0) is 19.8. The van der Waals surface area contributed by atoms with Gasteiger partial charge in [-0.15, -0.1) is 0 Å². The van der Waals surface area contributed by atoms with Gasteiger partial charge in [-0.05, 0) is 29.2 Å². The average Bonchev–Trinajstić information content (AvgIpc) is 2.63. The van der Waals surface area contributed by atoms with Crippen molar-refractivity contribution >= 4 is 13.3 Å². The van der Waals surface area contributed by atoms with Gasteiger partial charge in [-0.2, -0.15) is 0 Å². The van der Waals surface area contributed by atoms with E-state index in [2.05, 4.69) is 30.7 Å². The summed E-state index contributed by atoms with van der Waals surface area (Å²) >= 11 is 0. The van der Waals surface area contributed by atoms with Gasteiger partial charge in [0.25, 0.3) is 0 Å². The molecule has 0 saturated heterocycles. The maximum absolute atomic E-state index is 8.25. The van der Waals surface area contributed by atoms with E-state index >= 15 is 0 Å². The zero-order valence-corrected chi connectivity index (χ0v) is 15.5. The van der Waals surface area contributed by atoms with Crippen molar-refractivity contribution in [1.29, 1.82) is 0 Å². The van der Waals surface area contributed by atoms with Gasteiger partial charge in [0.15, 0.2) is 0 Å². The van der Waals surface area contributed by atoms with Gasteiger partial charge < -0.3 is 0 Å². The predicted molar refractivity (Wildman–Crippen MR) is 103 cm³/mol. The third kappa shape index (κ3) is 4.11. The van der Waals surface area contributed by atoms with E-state index in [0.717, 1.165) is 6.42 Å². The highest BCUT2D eigenvalue weighted by Gasteiger charge is 2.23. The molecule has 1 aromatic heterocycles. The van der Waals surface area contributed by atoms with Crippen LogP contribution in [0.4, 0.5) is 0 Å². The summed E-state index contributed by atoms with van der Waals surface area (Å²) < 4.78 is 31.9. The lowest BCUT2D eigenvalue weighted by Crippen LogP contribution is -2.41. The molecular weight excluding hydrogens is 294 g/mol. The summed E-state index contributed by atoms with van der Waals surface area (Å²) in [6.45, 7) is 7.01. The highest BCUT2D eigenvalue weighted by atomic mass is 28.3. The number of nitrogens with zero attached hydrogens (tertiary/aromatic N) is 1. The molecule has 0 N–H and O–H groups in total. The Kier molecular flexibility index (Phi) is 3.66. The molecule has 1 aliphatic rings. The summed E-state index contributed by atoms with van der Waals surface area (Å²) in [5.41, 5.74) is 2.49. The van der Waals surface area contributed by atoms with E-state index in [1.807, 2.05) is 6.20 Å². The van der Waals surface area contributed by atoms with Crippen LogP contribution in [0.5, 0.6) is 0 Å². The Morgan fingerprint density at radius 3 is 2.65 bits per heavy atom. The summed E-state index contributed by atoms with van der Waals surface area (Å²) in [5, 5.41) is 1.37. The van der Waals surface area contributed by atoms with Crippen LogP contribution in [0, 0.1) is 5.92 Å². The first-order valence-electron chi connectivity index (χ1n) is 10.8. The molecule has 0 amide bonds. The summed E-state index contributed by atoms with van der Waals surface area (Å²) in [6, 6.07) is 3.21. The molecule has 0 aliphatic heterocycles. The fourth-order valence-electron chi connectivity index (χ4n) is 3.61. The van der Waals surface area contributed by atoms with Crippen molar-refractivity contribution in [1.82, 2.24) is 4.98 Å². The molecule has 0 bridgehead atoms. The Hall–Kier alpha value is -1.41. The summed E-state index contributed by atoms with van der Waals surface area (Å²) in [7, 11) is -1.54. The smallest absolute Gasteiger partial charge is 0.0799 e. The topological polar surface area (TPSA) is 12.9 Å². The number of pyridine rings is 1. The molecule has 122 valence electrons. The highest BCUT2D eigenvalue weighted by molar-refractivity contribution is 6.89. The van der Waals surface area contributed by atoms with Crippen molar-refractivity contribution in [3.63, 3.8) is 0 Å². The maximum atomic E-state index is 8.25. The molecule has 0 spiro atoms. The van der Waals surface area contributed by atoms with Crippen LogP contribution < -0.4 is 5.19 Å². The van der Waals surface area contributed by atoms with Crippen LogP contribution >= 0.6 is 0 Å². The van der Waals surface area contributed by atoms with E-state index in [0.29, 0.717) is 17.2 Å². The molecule has 0 atom stereocenters. The van der Waals surface area contributed by atoms with Gasteiger partial charge in [0.05, 0.1) is 19.3 Å². The monoisotopic (exact) mass is 327 g/mol. The maximum Gasteiger partial charge on any atom is 0.0799 e. The fourth-order valence-corrected chi connectivity index (χ4v) is 5.20. The first-order valence-corrected chi connectivity index (χ1v) is 12.3. The Labute approximate surface area is 147 Å². The van der Waals surface area contributed by atoms with Gasteiger partial charge in [0.2, 0.25) is 0 Å². The largest absolute Gasteiger partial charge is 0.256 e. The fraction of sp³-hybridized carbons (Fsp3) is 0.476.